The number of likely N-dealkylation sites (tertiary alicyclic amines) is 1. The van der Waals surface area contributed by atoms with Gasteiger partial charge < -0.3 is 14.4 Å². The molecule has 0 aliphatic carbocycles. The Morgan fingerprint density at radius 2 is 1.94 bits per heavy atom. The van der Waals surface area contributed by atoms with E-state index in [-0.39, 0.29) is 17.7 Å². The van der Waals surface area contributed by atoms with Crippen molar-refractivity contribution in [3.63, 3.8) is 0 Å². The molecule has 1 fully saturated rings. The molecule has 162 valence electrons. The number of carbonyl (C=O) groups excluding carboxylic acids is 2. The molecular formula is C22H23BrN4O4. The average molecular weight is 487 g/mol. The number of aromatic nitrogens is 3. The van der Waals surface area contributed by atoms with Crippen molar-refractivity contribution in [3.05, 3.63) is 52.3 Å². The van der Waals surface area contributed by atoms with E-state index < -0.39 is 11.6 Å². The fourth-order valence-corrected chi connectivity index (χ4v) is 3.83. The van der Waals surface area contributed by atoms with Gasteiger partial charge in [-0.15, -0.1) is 0 Å². The van der Waals surface area contributed by atoms with E-state index in [2.05, 4.69) is 26.0 Å². The van der Waals surface area contributed by atoms with Crippen LogP contribution in [0, 0.1) is 0 Å². The summed E-state index contributed by atoms with van der Waals surface area (Å²) in [6, 6.07) is 9.49. The first-order chi connectivity index (χ1) is 14.7. The Morgan fingerprint density at radius 3 is 2.58 bits per heavy atom. The van der Waals surface area contributed by atoms with Crippen molar-refractivity contribution < 1.29 is 19.1 Å². The molecule has 1 aromatic carbocycles. The van der Waals surface area contributed by atoms with Crippen LogP contribution in [-0.4, -0.2) is 57.5 Å². The number of carbonyl (C=O) groups is 2. The van der Waals surface area contributed by atoms with Gasteiger partial charge in [0.2, 0.25) is 0 Å². The second kappa shape index (κ2) is 7.96. The Hall–Kier alpha value is -2.94. The lowest BCUT2D eigenvalue weighted by Gasteiger charge is -2.39. The number of methoxy groups -OCH3 is 1. The minimum absolute atomic E-state index is 0.115. The summed E-state index contributed by atoms with van der Waals surface area (Å²) < 4.78 is 12.9. The molecule has 0 atom stereocenters. The number of pyridine rings is 1. The molecule has 4 rings (SSSR count). The van der Waals surface area contributed by atoms with E-state index in [1.807, 2.05) is 51.1 Å². The molecule has 1 amide bonds. The smallest absolute Gasteiger partial charge is 0.410 e. The molecule has 0 saturated carbocycles. The SMILES string of the molecule is COC(=O)c1nn(-c2cccc(Br)c2)c2ncc(C3CN(C(=O)OC(C)(C)C)C3)cc12. The standard InChI is InChI=1S/C22H23BrN4O4/c1-22(2,3)31-21(29)26-11-14(12-26)13-8-17-18(20(28)30-4)25-27(19(17)24-10-13)16-7-5-6-15(23)9-16/h5-10,14H,11-12H2,1-4H3. The van der Waals surface area contributed by atoms with Crippen LogP contribution in [0.5, 0.6) is 0 Å². The van der Waals surface area contributed by atoms with Crippen LogP contribution in [0.15, 0.2) is 41.0 Å². The molecule has 8 nitrogen and oxygen atoms in total. The van der Waals surface area contributed by atoms with Crippen LogP contribution in [0.1, 0.15) is 42.7 Å². The first kappa shape index (κ1) is 21.3. The summed E-state index contributed by atoms with van der Waals surface area (Å²) in [5.74, 6) is -0.411. The van der Waals surface area contributed by atoms with E-state index in [1.54, 1.807) is 15.8 Å². The molecule has 0 unspecified atom stereocenters. The number of nitrogens with zero attached hydrogens (tertiary/aromatic N) is 4. The zero-order valence-electron chi connectivity index (χ0n) is 17.8. The van der Waals surface area contributed by atoms with Crippen LogP contribution in [0.2, 0.25) is 0 Å². The number of ether oxygens (including phenoxy) is 2. The molecular weight excluding hydrogens is 464 g/mol. The zero-order valence-corrected chi connectivity index (χ0v) is 19.3. The third kappa shape index (κ3) is 4.27. The molecule has 3 heterocycles. The zero-order chi connectivity index (χ0) is 22.3. The molecule has 9 heteroatoms. The number of halogens is 1. The molecule has 1 saturated heterocycles. The van der Waals surface area contributed by atoms with Gasteiger partial charge in [-0.05, 0) is 50.6 Å². The maximum atomic E-state index is 12.4. The number of amides is 1. The molecule has 0 radical (unpaired) electrons. The number of esters is 1. The van der Waals surface area contributed by atoms with Gasteiger partial charge in [-0.3, -0.25) is 0 Å². The highest BCUT2D eigenvalue weighted by Gasteiger charge is 2.35. The number of fused-ring (bicyclic) bond motifs is 1. The molecule has 0 N–H and O–H groups in total. The van der Waals surface area contributed by atoms with E-state index in [0.717, 1.165) is 15.7 Å². The highest BCUT2D eigenvalue weighted by Crippen LogP contribution is 2.31. The summed E-state index contributed by atoms with van der Waals surface area (Å²) >= 11 is 3.46. The van der Waals surface area contributed by atoms with Crippen LogP contribution >= 0.6 is 15.9 Å². The molecule has 0 spiro atoms. The van der Waals surface area contributed by atoms with Gasteiger partial charge in [0.25, 0.3) is 0 Å². The van der Waals surface area contributed by atoms with Gasteiger partial charge in [-0.25, -0.2) is 19.3 Å². The summed E-state index contributed by atoms with van der Waals surface area (Å²) in [7, 11) is 1.33. The van der Waals surface area contributed by atoms with E-state index in [9.17, 15) is 9.59 Å². The van der Waals surface area contributed by atoms with Crippen molar-refractivity contribution in [3.8, 4) is 5.69 Å². The Morgan fingerprint density at radius 1 is 1.19 bits per heavy atom. The third-order valence-corrected chi connectivity index (χ3v) is 5.47. The van der Waals surface area contributed by atoms with Gasteiger partial charge in [0.15, 0.2) is 11.3 Å². The van der Waals surface area contributed by atoms with Crippen molar-refractivity contribution in [2.24, 2.45) is 0 Å². The van der Waals surface area contributed by atoms with Crippen LogP contribution in [0.4, 0.5) is 4.79 Å². The average Bonchev–Trinajstić information content (AvgIpc) is 3.04. The lowest BCUT2D eigenvalue weighted by atomic mass is 9.92. The molecule has 1 aliphatic heterocycles. The lowest BCUT2D eigenvalue weighted by Crippen LogP contribution is -2.50. The fraction of sp³-hybridized carbons (Fsp3) is 0.364. The predicted octanol–water partition coefficient (Wildman–Crippen LogP) is 4.30. The topological polar surface area (TPSA) is 86.5 Å². The minimum Gasteiger partial charge on any atom is -0.464 e. The Kier molecular flexibility index (Phi) is 5.47. The summed E-state index contributed by atoms with van der Waals surface area (Å²) in [4.78, 5) is 30.8. The van der Waals surface area contributed by atoms with E-state index in [1.165, 1.54) is 7.11 Å². The van der Waals surface area contributed by atoms with E-state index in [0.29, 0.717) is 24.1 Å². The van der Waals surface area contributed by atoms with Crippen LogP contribution in [0.3, 0.4) is 0 Å². The largest absolute Gasteiger partial charge is 0.464 e. The van der Waals surface area contributed by atoms with Crippen LogP contribution < -0.4 is 0 Å². The van der Waals surface area contributed by atoms with Gasteiger partial charge >= 0.3 is 12.1 Å². The third-order valence-electron chi connectivity index (χ3n) is 4.98. The number of hydrogen-bond acceptors (Lipinski definition) is 6. The van der Waals surface area contributed by atoms with Gasteiger partial charge in [0, 0.05) is 29.7 Å². The van der Waals surface area contributed by atoms with Gasteiger partial charge in [-0.1, -0.05) is 22.0 Å². The quantitative estimate of drug-likeness (QED) is 0.512. The Labute approximate surface area is 188 Å². The molecule has 2 aromatic heterocycles. The first-order valence-electron chi connectivity index (χ1n) is 9.87. The summed E-state index contributed by atoms with van der Waals surface area (Å²) in [5, 5.41) is 5.08. The van der Waals surface area contributed by atoms with E-state index in [4.69, 9.17) is 9.47 Å². The van der Waals surface area contributed by atoms with Crippen molar-refractivity contribution in [1.82, 2.24) is 19.7 Å². The Bertz CT molecular complexity index is 1160. The second-order valence-corrected chi connectivity index (χ2v) is 9.37. The van der Waals surface area contributed by atoms with Crippen LogP contribution in [0.25, 0.3) is 16.7 Å². The predicted molar refractivity (Wildman–Crippen MR) is 118 cm³/mol. The van der Waals surface area contributed by atoms with Gasteiger partial charge in [-0.2, -0.15) is 5.10 Å². The summed E-state index contributed by atoms with van der Waals surface area (Å²) in [6.45, 7) is 6.61. The van der Waals surface area contributed by atoms with Crippen molar-refractivity contribution in [2.45, 2.75) is 32.3 Å². The van der Waals surface area contributed by atoms with E-state index >= 15 is 0 Å². The summed E-state index contributed by atoms with van der Waals surface area (Å²) in [6.07, 6.45) is 1.45. The number of rotatable bonds is 3. The highest BCUT2D eigenvalue weighted by atomic mass is 79.9. The monoisotopic (exact) mass is 486 g/mol. The normalized spacial score (nSPS) is 14.4. The lowest BCUT2D eigenvalue weighted by molar-refractivity contribution is 0.00817. The number of hydrogen-bond donors (Lipinski definition) is 0. The van der Waals surface area contributed by atoms with Crippen molar-refractivity contribution in [2.75, 3.05) is 20.2 Å². The maximum Gasteiger partial charge on any atom is 0.410 e. The summed E-state index contributed by atoms with van der Waals surface area (Å²) in [5.41, 5.74) is 1.94. The molecule has 1 aliphatic rings. The second-order valence-electron chi connectivity index (χ2n) is 8.45. The molecule has 0 bridgehead atoms. The highest BCUT2D eigenvalue weighted by molar-refractivity contribution is 9.10. The first-order valence-corrected chi connectivity index (χ1v) is 10.7. The number of benzene rings is 1. The van der Waals surface area contributed by atoms with Gasteiger partial charge in [0.1, 0.15) is 5.60 Å². The maximum absolute atomic E-state index is 12.4. The van der Waals surface area contributed by atoms with Crippen molar-refractivity contribution >= 4 is 39.0 Å². The van der Waals surface area contributed by atoms with Gasteiger partial charge in [0.05, 0.1) is 18.2 Å². The Balaban J connectivity index is 1.65. The van der Waals surface area contributed by atoms with Crippen LogP contribution in [-0.2, 0) is 9.47 Å². The minimum atomic E-state index is -0.529. The van der Waals surface area contributed by atoms with Crippen molar-refractivity contribution in [1.29, 1.82) is 0 Å². The molecule has 31 heavy (non-hydrogen) atoms. The molecule has 3 aromatic rings. The fourth-order valence-electron chi connectivity index (χ4n) is 3.44.